The van der Waals surface area contributed by atoms with Crippen molar-refractivity contribution in [1.29, 1.82) is 0 Å². The fraction of sp³-hybridized carbons (Fsp3) is 0.464. The molecule has 1 aliphatic heterocycles. The number of nitro groups is 1. The van der Waals surface area contributed by atoms with Gasteiger partial charge in [-0.3, -0.25) is 14.9 Å². The van der Waals surface area contributed by atoms with E-state index in [0.717, 1.165) is 5.56 Å². The van der Waals surface area contributed by atoms with Crippen LogP contribution in [0.1, 0.15) is 61.7 Å². The lowest BCUT2D eigenvalue weighted by Crippen LogP contribution is -2.62. The normalized spacial score (nSPS) is 31.4. The molecular formula is C28H31NO6. The molecule has 1 aromatic carbocycles. The zero-order valence-electron chi connectivity index (χ0n) is 21.0. The smallest absolute Gasteiger partial charge is 0.291 e. The molecule has 7 nitrogen and oxygen atoms in total. The van der Waals surface area contributed by atoms with Crippen LogP contribution >= 0.6 is 0 Å². The first-order valence-corrected chi connectivity index (χ1v) is 12.0. The van der Waals surface area contributed by atoms with Crippen molar-refractivity contribution in [1.82, 2.24) is 0 Å². The topological polar surface area (TPSA) is 91.8 Å². The average molecular weight is 478 g/mol. The number of hydrogen-bond donors (Lipinski definition) is 0. The van der Waals surface area contributed by atoms with Gasteiger partial charge in [-0.15, -0.1) is 0 Å². The number of non-ortho nitro benzene ring substituents is 1. The van der Waals surface area contributed by atoms with Crippen LogP contribution in [-0.4, -0.2) is 18.6 Å². The molecule has 1 spiro atoms. The van der Waals surface area contributed by atoms with Gasteiger partial charge in [0.1, 0.15) is 11.9 Å². The molecule has 1 aromatic heterocycles. The molecule has 35 heavy (non-hydrogen) atoms. The molecule has 0 amide bonds. The van der Waals surface area contributed by atoms with Gasteiger partial charge >= 0.3 is 0 Å². The minimum absolute atomic E-state index is 0.0833. The Morgan fingerprint density at radius 1 is 1.09 bits per heavy atom. The maximum atomic E-state index is 12.8. The van der Waals surface area contributed by atoms with Crippen LogP contribution in [0, 0.1) is 40.7 Å². The molecule has 0 bridgehead atoms. The van der Waals surface area contributed by atoms with E-state index < -0.39 is 0 Å². The number of nitrogens with zero attached hydrogens (tertiary/aromatic N) is 1. The third kappa shape index (κ3) is 3.24. The zero-order chi connectivity index (χ0) is 25.3. The fourth-order valence-electron chi connectivity index (χ4n) is 7.57. The van der Waals surface area contributed by atoms with Gasteiger partial charge in [0.2, 0.25) is 0 Å². The van der Waals surface area contributed by atoms with Gasteiger partial charge in [0.15, 0.2) is 5.43 Å². The van der Waals surface area contributed by atoms with Gasteiger partial charge in [0.05, 0.1) is 24.2 Å². The van der Waals surface area contributed by atoms with Crippen LogP contribution in [0.4, 0.5) is 5.69 Å². The first-order valence-electron chi connectivity index (χ1n) is 12.0. The highest BCUT2D eigenvalue weighted by Gasteiger charge is 2.71. The molecule has 2 aromatic rings. The van der Waals surface area contributed by atoms with Crippen LogP contribution in [0.25, 0.3) is 0 Å². The number of rotatable bonds is 4. The Hall–Kier alpha value is -3.19. The molecular weight excluding hydrogens is 446 g/mol. The van der Waals surface area contributed by atoms with Gasteiger partial charge in [-0.1, -0.05) is 42.4 Å². The Bertz CT molecular complexity index is 1340. The summed E-state index contributed by atoms with van der Waals surface area (Å²) in [6, 6.07) is 6.94. The van der Waals surface area contributed by atoms with E-state index in [2.05, 4.69) is 32.9 Å². The van der Waals surface area contributed by atoms with Crippen LogP contribution in [0.2, 0.25) is 0 Å². The Kier molecular flexibility index (Phi) is 5.33. The van der Waals surface area contributed by atoms with E-state index in [4.69, 9.17) is 13.9 Å². The summed E-state index contributed by atoms with van der Waals surface area (Å²) < 4.78 is 17.8. The van der Waals surface area contributed by atoms with Crippen LogP contribution in [0.3, 0.4) is 0 Å². The van der Waals surface area contributed by atoms with Crippen molar-refractivity contribution in [2.24, 2.45) is 16.7 Å². The van der Waals surface area contributed by atoms with E-state index in [1.165, 1.54) is 18.3 Å². The number of methoxy groups -OCH3 is 1. The number of benzene rings is 1. The van der Waals surface area contributed by atoms with E-state index >= 15 is 0 Å². The Labute approximate surface area is 204 Å². The van der Waals surface area contributed by atoms with Crippen molar-refractivity contribution < 1.29 is 18.8 Å². The van der Waals surface area contributed by atoms with Gasteiger partial charge < -0.3 is 13.9 Å². The first-order chi connectivity index (χ1) is 16.5. The summed E-state index contributed by atoms with van der Waals surface area (Å²) in [5.41, 5.74) is 4.23. The lowest BCUT2D eigenvalue weighted by Gasteiger charge is -2.67. The van der Waals surface area contributed by atoms with Gasteiger partial charge in [-0.2, -0.15) is 0 Å². The number of nitro benzene ring substituents is 1. The molecule has 7 heteroatoms. The molecule has 2 heterocycles. The molecule has 0 unspecified atom stereocenters. The monoisotopic (exact) mass is 477 g/mol. The molecule has 0 radical (unpaired) electrons. The van der Waals surface area contributed by atoms with Crippen LogP contribution < -0.4 is 10.2 Å². The largest absolute Gasteiger partial charge is 0.468 e. The molecule has 3 aliphatic rings. The Morgan fingerprint density at radius 3 is 2.40 bits per heavy atom. The summed E-state index contributed by atoms with van der Waals surface area (Å²) in [5.74, 6) is 1.10. The Balaban J connectivity index is 1.60. The molecule has 5 rings (SSSR count). The minimum atomic E-state index is -0.373. The predicted octanol–water partition coefficient (Wildman–Crippen LogP) is 5.95. The molecule has 1 saturated carbocycles. The zero-order valence-corrected chi connectivity index (χ0v) is 21.0. The molecule has 2 fully saturated rings. The van der Waals surface area contributed by atoms with Crippen LogP contribution in [0.5, 0.6) is 5.95 Å². The van der Waals surface area contributed by atoms with Gasteiger partial charge in [-0.25, -0.2) is 0 Å². The first kappa shape index (κ1) is 23.5. The number of fused-ring (bicyclic) bond motifs is 2. The lowest BCUT2D eigenvalue weighted by molar-refractivity contribution is -0.384. The summed E-state index contributed by atoms with van der Waals surface area (Å²) >= 11 is 0. The van der Waals surface area contributed by atoms with Crippen molar-refractivity contribution in [3.63, 3.8) is 0 Å². The van der Waals surface area contributed by atoms with Crippen molar-refractivity contribution in [2.75, 3.05) is 13.7 Å². The molecule has 5 atom stereocenters. The SMILES string of the molecule is COc1oc([C@H]2C[C@@]3(CO2)[C@@H]2C(C)=CC(C)=C[C@]2(C)[C@@H]3c2ccc([N+](=O)[O-])cc2)c(C)c(=O)c1C. The van der Waals surface area contributed by atoms with E-state index in [9.17, 15) is 14.9 Å². The second-order valence-electron chi connectivity index (χ2n) is 10.6. The van der Waals surface area contributed by atoms with E-state index in [-0.39, 0.29) is 50.8 Å². The summed E-state index contributed by atoms with van der Waals surface area (Å²) in [6.07, 6.45) is 4.90. The number of hydrogen-bond acceptors (Lipinski definition) is 6. The average Bonchev–Trinajstić information content (AvgIpc) is 3.23. The summed E-state index contributed by atoms with van der Waals surface area (Å²) in [7, 11) is 1.49. The molecule has 1 saturated heterocycles. The van der Waals surface area contributed by atoms with E-state index in [0.29, 0.717) is 29.9 Å². The highest BCUT2D eigenvalue weighted by molar-refractivity contribution is 5.48. The second kappa shape index (κ2) is 7.92. The van der Waals surface area contributed by atoms with Crippen molar-refractivity contribution in [2.45, 2.75) is 53.1 Å². The summed E-state index contributed by atoms with van der Waals surface area (Å²) in [4.78, 5) is 23.7. The summed E-state index contributed by atoms with van der Waals surface area (Å²) in [5, 5.41) is 11.3. The van der Waals surface area contributed by atoms with Gasteiger partial charge in [0, 0.05) is 34.4 Å². The third-order valence-corrected chi connectivity index (χ3v) is 8.44. The lowest BCUT2D eigenvalue weighted by atomic mass is 9.35. The van der Waals surface area contributed by atoms with Gasteiger partial charge in [-0.05, 0) is 45.6 Å². The minimum Gasteiger partial charge on any atom is -0.468 e. The van der Waals surface area contributed by atoms with Crippen molar-refractivity contribution in [3.05, 3.63) is 90.4 Å². The van der Waals surface area contributed by atoms with Crippen LogP contribution in [0.15, 0.2) is 56.8 Å². The highest BCUT2D eigenvalue weighted by Crippen LogP contribution is 2.76. The standard InChI is InChI=1S/C28H31NO6/c1-15-11-16(2)24-27(5,12-15)25(19-7-9-20(10-8-19)29(31)32)28(24)13-21(34-14-28)23-17(3)22(30)18(4)26(33-6)35-23/h7-12,21,24-25H,13-14H2,1-6H3/t21-,24-,25+,27+,28-/m1/s1. The quantitative estimate of drug-likeness (QED) is 0.399. The van der Waals surface area contributed by atoms with Crippen LogP contribution in [-0.2, 0) is 4.74 Å². The van der Waals surface area contributed by atoms with Crippen molar-refractivity contribution in [3.8, 4) is 5.95 Å². The highest BCUT2D eigenvalue weighted by atomic mass is 16.6. The summed E-state index contributed by atoms with van der Waals surface area (Å²) in [6.45, 7) is 10.6. The molecule has 0 N–H and O–H groups in total. The Morgan fingerprint density at radius 2 is 1.77 bits per heavy atom. The van der Waals surface area contributed by atoms with Crippen molar-refractivity contribution >= 4 is 5.69 Å². The number of ether oxygens (including phenoxy) is 2. The molecule has 184 valence electrons. The maximum Gasteiger partial charge on any atom is 0.291 e. The van der Waals surface area contributed by atoms with E-state index in [1.807, 2.05) is 12.1 Å². The molecule has 2 aliphatic carbocycles. The van der Waals surface area contributed by atoms with Gasteiger partial charge in [0.25, 0.3) is 11.6 Å². The second-order valence-corrected chi connectivity index (χ2v) is 10.6. The number of allylic oxidation sites excluding steroid dienone is 4. The van der Waals surface area contributed by atoms with E-state index in [1.54, 1.807) is 26.0 Å². The third-order valence-electron chi connectivity index (χ3n) is 8.44. The fourth-order valence-corrected chi connectivity index (χ4v) is 7.57. The predicted molar refractivity (Wildman–Crippen MR) is 132 cm³/mol. The maximum absolute atomic E-state index is 12.8.